The standard InChI is InChI=1S/C24H19BrN2O3/c1-15-7-9-17(10-8-15)22(28)20-21(18-5-2-6-19(25)12-18)27(24(30)23(20)29)14-16-4-3-11-26-13-16/h2-13,21,28H,14H2,1H3/b22-20+/t21-/m0/s1. The van der Waals surface area contributed by atoms with Crippen LogP contribution in [-0.2, 0) is 16.1 Å². The summed E-state index contributed by atoms with van der Waals surface area (Å²) >= 11 is 3.46. The molecular formula is C24H19BrN2O3. The van der Waals surface area contributed by atoms with Gasteiger partial charge >= 0.3 is 0 Å². The van der Waals surface area contributed by atoms with Crippen molar-refractivity contribution in [3.8, 4) is 0 Å². The van der Waals surface area contributed by atoms with Gasteiger partial charge in [0.1, 0.15) is 5.76 Å². The maximum atomic E-state index is 13.0. The molecule has 5 nitrogen and oxygen atoms in total. The van der Waals surface area contributed by atoms with Crippen molar-refractivity contribution >= 4 is 33.4 Å². The van der Waals surface area contributed by atoms with Crippen molar-refractivity contribution in [2.24, 2.45) is 0 Å². The second kappa shape index (κ2) is 8.24. The largest absolute Gasteiger partial charge is 0.507 e. The number of rotatable bonds is 4. The Hall–Kier alpha value is -3.25. The zero-order valence-corrected chi connectivity index (χ0v) is 17.8. The van der Waals surface area contributed by atoms with Crippen molar-refractivity contribution in [2.45, 2.75) is 19.5 Å². The van der Waals surface area contributed by atoms with Crippen molar-refractivity contribution in [1.29, 1.82) is 0 Å². The Morgan fingerprint density at radius 1 is 1.10 bits per heavy atom. The lowest BCUT2D eigenvalue weighted by Gasteiger charge is -2.25. The number of benzene rings is 2. The number of aryl methyl sites for hydroxylation is 1. The van der Waals surface area contributed by atoms with E-state index in [9.17, 15) is 14.7 Å². The van der Waals surface area contributed by atoms with Crippen molar-refractivity contribution in [2.75, 3.05) is 0 Å². The van der Waals surface area contributed by atoms with Gasteiger partial charge in [0.15, 0.2) is 0 Å². The van der Waals surface area contributed by atoms with E-state index in [1.54, 1.807) is 30.6 Å². The van der Waals surface area contributed by atoms with Crippen molar-refractivity contribution in [1.82, 2.24) is 9.88 Å². The molecule has 0 aliphatic carbocycles. The van der Waals surface area contributed by atoms with E-state index in [2.05, 4.69) is 20.9 Å². The second-order valence-corrected chi connectivity index (χ2v) is 8.12. The van der Waals surface area contributed by atoms with Gasteiger partial charge < -0.3 is 10.0 Å². The number of carbonyl (C=O) groups is 2. The van der Waals surface area contributed by atoms with Gasteiger partial charge in [0.25, 0.3) is 11.7 Å². The first-order valence-corrected chi connectivity index (χ1v) is 10.2. The zero-order chi connectivity index (χ0) is 21.3. The van der Waals surface area contributed by atoms with Gasteiger partial charge in [0, 0.05) is 29.0 Å². The molecule has 0 saturated carbocycles. The summed E-state index contributed by atoms with van der Waals surface area (Å²) in [4.78, 5) is 31.6. The Bertz CT molecular complexity index is 1140. The minimum absolute atomic E-state index is 0.0887. The van der Waals surface area contributed by atoms with Crippen LogP contribution in [0.1, 0.15) is 28.3 Å². The van der Waals surface area contributed by atoms with E-state index >= 15 is 0 Å². The highest BCUT2D eigenvalue weighted by molar-refractivity contribution is 9.10. The van der Waals surface area contributed by atoms with Crippen LogP contribution in [0.4, 0.5) is 0 Å². The summed E-state index contributed by atoms with van der Waals surface area (Å²) in [6, 6.07) is 17.6. The molecule has 6 heteroatoms. The monoisotopic (exact) mass is 462 g/mol. The fraction of sp³-hybridized carbons (Fsp3) is 0.125. The number of hydrogen-bond acceptors (Lipinski definition) is 4. The number of pyridine rings is 1. The second-order valence-electron chi connectivity index (χ2n) is 7.21. The Balaban J connectivity index is 1.87. The summed E-state index contributed by atoms with van der Waals surface area (Å²) in [6.07, 6.45) is 3.32. The maximum absolute atomic E-state index is 13.0. The van der Waals surface area contributed by atoms with Crippen molar-refractivity contribution < 1.29 is 14.7 Å². The van der Waals surface area contributed by atoms with Gasteiger partial charge in [-0.1, -0.05) is 64.0 Å². The predicted molar refractivity (Wildman–Crippen MR) is 117 cm³/mol. The molecule has 1 aromatic heterocycles. The summed E-state index contributed by atoms with van der Waals surface area (Å²) in [6.45, 7) is 2.15. The maximum Gasteiger partial charge on any atom is 0.295 e. The van der Waals surface area contributed by atoms with Gasteiger partial charge in [0.2, 0.25) is 0 Å². The molecule has 2 heterocycles. The summed E-state index contributed by atoms with van der Waals surface area (Å²) in [5.41, 5.74) is 3.16. The van der Waals surface area contributed by atoms with Gasteiger partial charge in [-0.15, -0.1) is 0 Å². The van der Waals surface area contributed by atoms with Crippen molar-refractivity contribution in [3.05, 3.63) is 105 Å². The molecule has 1 fully saturated rings. The average Bonchev–Trinajstić information content (AvgIpc) is 2.99. The van der Waals surface area contributed by atoms with Crippen LogP contribution in [0.2, 0.25) is 0 Å². The summed E-state index contributed by atoms with van der Waals surface area (Å²) in [5.74, 6) is -1.51. The normalized spacial score (nSPS) is 18.1. The third-order valence-corrected chi connectivity index (χ3v) is 5.60. The van der Waals surface area contributed by atoms with Crippen LogP contribution < -0.4 is 0 Å². The highest BCUT2D eigenvalue weighted by atomic mass is 79.9. The van der Waals surface area contributed by atoms with Gasteiger partial charge in [-0.2, -0.15) is 0 Å². The van der Waals surface area contributed by atoms with Crippen LogP contribution in [0.3, 0.4) is 0 Å². The molecular weight excluding hydrogens is 444 g/mol. The number of halogens is 1. The number of hydrogen-bond donors (Lipinski definition) is 1. The number of ketones is 1. The minimum atomic E-state index is -0.705. The number of carbonyl (C=O) groups excluding carboxylic acids is 2. The van der Waals surface area contributed by atoms with Gasteiger partial charge in [0.05, 0.1) is 11.6 Å². The molecule has 0 bridgehead atoms. The van der Waals surface area contributed by atoms with Crippen LogP contribution in [0.15, 0.2) is 83.1 Å². The van der Waals surface area contributed by atoms with Gasteiger partial charge in [-0.05, 0) is 36.2 Å². The fourth-order valence-electron chi connectivity index (χ4n) is 3.62. The van der Waals surface area contributed by atoms with E-state index in [4.69, 9.17) is 0 Å². The van der Waals surface area contributed by atoms with E-state index < -0.39 is 17.7 Å². The van der Waals surface area contributed by atoms with E-state index in [0.717, 1.165) is 21.2 Å². The molecule has 1 N–H and O–H groups in total. The summed E-state index contributed by atoms with van der Waals surface area (Å²) in [7, 11) is 0. The minimum Gasteiger partial charge on any atom is -0.507 e. The molecule has 30 heavy (non-hydrogen) atoms. The SMILES string of the molecule is Cc1ccc(/C(O)=C2\C(=O)C(=O)N(Cc3cccnc3)[C@H]2c2cccc(Br)c2)cc1. The number of aliphatic hydroxyl groups is 1. The molecule has 0 radical (unpaired) electrons. The van der Waals surface area contributed by atoms with Crippen LogP contribution in [0.25, 0.3) is 5.76 Å². The highest BCUT2D eigenvalue weighted by Crippen LogP contribution is 2.40. The lowest BCUT2D eigenvalue weighted by Crippen LogP contribution is -2.29. The third kappa shape index (κ3) is 3.78. The molecule has 3 aromatic rings. The first-order valence-electron chi connectivity index (χ1n) is 9.45. The predicted octanol–water partition coefficient (Wildman–Crippen LogP) is 4.77. The number of amides is 1. The number of aliphatic hydroxyl groups excluding tert-OH is 1. The van der Waals surface area contributed by atoms with Crippen molar-refractivity contribution in [3.63, 3.8) is 0 Å². The highest BCUT2D eigenvalue weighted by Gasteiger charge is 2.46. The molecule has 1 saturated heterocycles. The average molecular weight is 463 g/mol. The zero-order valence-electron chi connectivity index (χ0n) is 16.2. The number of aromatic nitrogens is 1. The lowest BCUT2D eigenvalue weighted by atomic mass is 9.95. The fourth-order valence-corrected chi connectivity index (χ4v) is 4.04. The van der Waals surface area contributed by atoms with E-state index in [-0.39, 0.29) is 17.9 Å². The number of likely N-dealkylation sites (tertiary alicyclic amines) is 1. The molecule has 150 valence electrons. The molecule has 1 aliphatic rings. The summed E-state index contributed by atoms with van der Waals surface area (Å²) in [5, 5.41) is 11.0. The van der Waals surface area contributed by atoms with Crippen LogP contribution in [0, 0.1) is 6.92 Å². The first kappa shape index (κ1) is 20.0. The quantitative estimate of drug-likeness (QED) is 0.344. The van der Waals surface area contributed by atoms with Gasteiger partial charge in [-0.3, -0.25) is 14.6 Å². The topological polar surface area (TPSA) is 70.5 Å². The molecule has 0 unspecified atom stereocenters. The van der Waals surface area contributed by atoms with Crippen LogP contribution in [0.5, 0.6) is 0 Å². The van der Waals surface area contributed by atoms with Crippen LogP contribution in [-0.4, -0.2) is 26.7 Å². The number of Topliss-reactive ketones (excluding diaryl/α,β-unsaturated/α-hetero) is 1. The number of nitrogens with zero attached hydrogens (tertiary/aromatic N) is 2. The Labute approximate surface area is 182 Å². The van der Waals surface area contributed by atoms with E-state index in [0.29, 0.717) is 5.56 Å². The van der Waals surface area contributed by atoms with Crippen LogP contribution >= 0.6 is 15.9 Å². The smallest absolute Gasteiger partial charge is 0.295 e. The summed E-state index contributed by atoms with van der Waals surface area (Å²) < 4.78 is 0.822. The Kier molecular flexibility index (Phi) is 5.50. The molecule has 1 aliphatic heterocycles. The Morgan fingerprint density at radius 2 is 1.87 bits per heavy atom. The lowest BCUT2D eigenvalue weighted by molar-refractivity contribution is -0.140. The molecule has 2 aromatic carbocycles. The van der Waals surface area contributed by atoms with Gasteiger partial charge in [-0.25, -0.2) is 0 Å². The Morgan fingerprint density at radius 3 is 2.53 bits per heavy atom. The first-order chi connectivity index (χ1) is 14.5. The third-order valence-electron chi connectivity index (χ3n) is 5.11. The molecule has 0 spiro atoms. The molecule has 4 rings (SSSR count). The van der Waals surface area contributed by atoms with E-state index in [1.165, 1.54) is 4.90 Å². The van der Waals surface area contributed by atoms with E-state index in [1.807, 2.05) is 49.4 Å². The molecule has 1 atom stereocenters. The molecule has 1 amide bonds.